The number of rotatable bonds is 2. The van der Waals surface area contributed by atoms with Crippen LogP contribution in [0.3, 0.4) is 0 Å². The average molecular weight is 182 g/mol. The zero-order valence-electron chi connectivity index (χ0n) is 7.79. The molecule has 1 unspecified atom stereocenters. The van der Waals surface area contributed by atoms with Crippen LogP contribution in [0.4, 0.5) is 0 Å². The second-order valence-corrected chi connectivity index (χ2v) is 3.99. The second kappa shape index (κ2) is 3.13. The highest BCUT2D eigenvalue weighted by molar-refractivity contribution is 6.35. The summed E-state index contributed by atoms with van der Waals surface area (Å²) in [5.41, 5.74) is 0. The smallest absolute Gasteiger partial charge is 0.374 e. The van der Waals surface area contributed by atoms with E-state index in [4.69, 9.17) is 0 Å². The lowest BCUT2D eigenvalue weighted by Gasteiger charge is -2.04. The van der Waals surface area contributed by atoms with E-state index in [1.807, 2.05) is 0 Å². The summed E-state index contributed by atoms with van der Waals surface area (Å²) in [6.45, 7) is 0. The summed E-state index contributed by atoms with van der Waals surface area (Å²) in [6, 6.07) is 0. The van der Waals surface area contributed by atoms with E-state index in [9.17, 15) is 9.59 Å². The van der Waals surface area contributed by atoms with E-state index in [-0.39, 0.29) is 11.7 Å². The summed E-state index contributed by atoms with van der Waals surface area (Å²) in [4.78, 5) is 22.4. The first-order chi connectivity index (χ1) is 6.25. The van der Waals surface area contributed by atoms with Crippen molar-refractivity contribution in [3.63, 3.8) is 0 Å². The lowest BCUT2D eigenvalue weighted by molar-refractivity contribution is -0.152. The van der Waals surface area contributed by atoms with Crippen molar-refractivity contribution in [2.75, 3.05) is 7.11 Å². The van der Waals surface area contributed by atoms with Crippen molar-refractivity contribution in [3.05, 3.63) is 0 Å². The molecule has 0 aromatic carbocycles. The zero-order chi connectivity index (χ0) is 9.42. The van der Waals surface area contributed by atoms with Gasteiger partial charge in [-0.3, -0.25) is 4.79 Å². The lowest BCUT2D eigenvalue weighted by Crippen LogP contribution is -2.18. The van der Waals surface area contributed by atoms with Gasteiger partial charge in [-0.05, 0) is 24.7 Å². The van der Waals surface area contributed by atoms with Crippen LogP contribution in [-0.4, -0.2) is 18.9 Å². The number of esters is 1. The third kappa shape index (κ3) is 1.36. The number of hydrogen-bond donors (Lipinski definition) is 0. The predicted molar refractivity (Wildman–Crippen MR) is 46.0 cm³/mol. The van der Waals surface area contributed by atoms with Crippen LogP contribution in [0.2, 0.25) is 0 Å². The summed E-state index contributed by atoms with van der Waals surface area (Å²) in [5.74, 6) is 0.0643. The maximum absolute atomic E-state index is 11.4. The SMILES string of the molecule is COC(=O)C(=O)C1[C@H]2CCCC[C@@H]12. The summed E-state index contributed by atoms with van der Waals surface area (Å²) < 4.78 is 4.43. The lowest BCUT2D eigenvalue weighted by atomic mass is 10.0. The Kier molecular flexibility index (Phi) is 2.10. The van der Waals surface area contributed by atoms with Gasteiger partial charge in [0.1, 0.15) is 0 Å². The maximum Gasteiger partial charge on any atom is 0.374 e. The molecule has 0 aromatic rings. The molecular weight excluding hydrogens is 168 g/mol. The van der Waals surface area contributed by atoms with Gasteiger partial charge in [-0.2, -0.15) is 0 Å². The van der Waals surface area contributed by atoms with Gasteiger partial charge in [0.2, 0.25) is 5.78 Å². The highest BCUT2D eigenvalue weighted by atomic mass is 16.5. The summed E-state index contributed by atoms with van der Waals surface area (Å²) in [7, 11) is 1.27. The Balaban J connectivity index is 1.96. The van der Waals surface area contributed by atoms with Gasteiger partial charge in [-0.25, -0.2) is 4.79 Å². The van der Waals surface area contributed by atoms with E-state index in [1.165, 1.54) is 20.0 Å². The predicted octanol–water partition coefficient (Wildman–Crippen LogP) is 1.16. The van der Waals surface area contributed by atoms with Gasteiger partial charge in [0.05, 0.1) is 7.11 Å². The average Bonchev–Trinajstić information content (AvgIpc) is 2.89. The zero-order valence-corrected chi connectivity index (χ0v) is 7.79. The third-order valence-electron chi connectivity index (χ3n) is 3.35. The summed E-state index contributed by atoms with van der Waals surface area (Å²) in [5, 5.41) is 0. The number of carbonyl (C=O) groups excluding carboxylic acids is 2. The molecule has 72 valence electrons. The Morgan fingerprint density at radius 1 is 1.15 bits per heavy atom. The largest absolute Gasteiger partial charge is 0.463 e. The van der Waals surface area contributed by atoms with Crippen LogP contribution < -0.4 is 0 Å². The standard InChI is InChI=1S/C10H14O3/c1-13-10(12)9(11)8-6-4-2-3-5-7(6)8/h6-8H,2-5H2,1H3/t6-,7+,8?. The number of ether oxygens (including phenoxy) is 1. The van der Waals surface area contributed by atoms with Crippen molar-refractivity contribution >= 4 is 11.8 Å². The molecule has 3 heteroatoms. The number of ketones is 1. The fourth-order valence-corrected chi connectivity index (χ4v) is 2.62. The minimum Gasteiger partial charge on any atom is -0.463 e. The monoisotopic (exact) mass is 182 g/mol. The van der Waals surface area contributed by atoms with Crippen molar-refractivity contribution in [2.24, 2.45) is 17.8 Å². The Bertz CT molecular complexity index is 235. The van der Waals surface area contributed by atoms with Gasteiger partial charge in [0.15, 0.2) is 0 Å². The number of hydrogen-bond acceptors (Lipinski definition) is 3. The van der Waals surface area contributed by atoms with Crippen LogP contribution in [0.1, 0.15) is 25.7 Å². The van der Waals surface area contributed by atoms with Crippen LogP contribution in [0.5, 0.6) is 0 Å². The topological polar surface area (TPSA) is 43.4 Å². The molecule has 0 N–H and O–H groups in total. The first-order valence-corrected chi connectivity index (χ1v) is 4.88. The van der Waals surface area contributed by atoms with Crippen LogP contribution in [0.15, 0.2) is 0 Å². The van der Waals surface area contributed by atoms with Crippen molar-refractivity contribution in [1.82, 2.24) is 0 Å². The fraction of sp³-hybridized carbons (Fsp3) is 0.800. The maximum atomic E-state index is 11.4. The Hall–Kier alpha value is -0.860. The van der Waals surface area contributed by atoms with Gasteiger partial charge in [-0.1, -0.05) is 12.8 Å². The molecule has 0 radical (unpaired) electrons. The minimum atomic E-state index is -0.653. The number of methoxy groups -OCH3 is 1. The molecule has 0 spiro atoms. The molecule has 3 atom stereocenters. The Morgan fingerprint density at radius 2 is 1.69 bits per heavy atom. The molecule has 2 fully saturated rings. The van der Waals surface area contributed by atoms with Crippen molar-refractivity contribution in [2.45, 2.75) is 25.7 Å². The molecule has 0 aromatic heterocycles. The number of fused-ring (bicyclic) bond motifs is 1. The van der Waals surface area contributed by atoms with E-state index < -0.39 is 5.97 Å². The fourth-order valence-electron chi connectivity index (χ4n) is 2.62. The van der Waals surface area contributed by atoms with Crippen molar-refractivity contribution in [1.29, 1.82) is 0 Å². The van der Waals surface area contributed by atoms with Gasteiger partial charge >= 0.3 is 5.97 Å². The van der Waals surface area contributed by atoms with Crippen LogP contribution in [-0.2, 0) is 14.3 Å². The molecule has 2 aliphatic rings. The first kappa shape index (κ1) is 8.73. The minimum absolute atomic E-state index is 0.00921. The molecule has 0 saturated heterocycles. The molecule has 2 saturated carbocycles. The van der Waals surface area contributed by atoms with Crippen LogP contribution >= 0.6 is 0 Å². The summed E-state index contributed by atoms with van der Waals surface area (Å²) in [6.07, 6.45) is 4.67. The molecule has 0 aliphatic heterocycles. The molecule has 0 amide bonds. The van der Waals surface area contributed by atoms with Crippen molar-refractivity contribution < 1.29 is 14.3 Å². The Labute approximate surface area is 77.4 Å². The molecule has 2 aliphatic carbocycles. The van der Waals surface area contributed by atoms with Gasteiger partial charge < -0.3 is 4.74 Å². The van der Waals surface area contributed by atoms with E-state index in [0.717, 1.165) is 12.8 Å². The second-order valence-electron chi connectivity index (χ2n) is 3.99. The molecule has 2 rings (SSSR count). The van der Waals surface area contributed by atoms with Gasteiger partial charge in [0, 0.05) is 5.92 Å². The Morgan fingerprint density at radius 3 is 2.15 bits per heavy atom. The highest BCUT2D eigenvalue weighted by Crippen LogP contribution is 2.55. The summed E-state index contributed by atoms with van der Waals surface area (Å²) >= 11 is 0. The molecule has 0 heterocycles. The van der Waals surface area contributed by atoms with Crippen LogP contribution in [0, 0.1) is 17.8 Å². The van der Waals surface area contributed by atoms with Crippen molar-refractivity contribution in [3.8, 4) is 0 Å². The first-order valence-electron chi connectivity index (χ1n) is 4.88. The van der Waals surface area contributed by atoms with Crippen LogP contribution in [0.25, 0.3) is 0 Å². The quantitative estimate of drug-likeness (QED) is 0.475. The highest BCUT2D eigenvalue weighted by Gasteiger charge is 2.56. The normalized spacial score (nSPS) is 36.2. The third-order valence-corrected chi connectivity index (χ3v) is 3.35. The molecular formula is C10H14O3. The van der Waals surface area contributed by atoms with E-state index in [0.29, 0.717) is 11.8 Å². The number of Topliss-reactive ketones (excluding diaryl/α,β-unsaturated/α-hetero) is 1. The number of carbonyl (C=O) groups is 2. The molecule has 13 heavy (non-hydrogen) atoms. The van der Waals surface area contributed by atoms with E-state index in [1.54, 1.807) is 0 Å². The molecule has 3 nitrogen and oxygen atoms in total. The van der Waals surface area contributed by atoms with Gasteiger partial charge in [0.25, 0.3) is 0 Å². The van der Waals surface area contributed by atoms with E-state index >= 15 is 0 Å². The van der Waals surface area contributed by atoms with E-state index in [2.05, 4.69) is 4.74 Å². The van der Waals surface area contributed by atoms with Gasteiger partial charge in [-0.15, -0.1) is 0 Å². The molecule has 0 bridgehead atoms.